The molecule has 0 saturated carbocycles. The lowest BCUT2D eigenvalue weighted by Gasteiger charge is -2.12. The molecule has 3 heteroatoms. The number of para-hydroxylation sites is 1. The first kappa shape index (κ1) is 35.1. The van der Waals surface area contributed by atoms with Crippen molar-refractivity contribution in [2.24, 2.45) is 5.92 Å². The molecule has 1 aromatic carbocycles. The molecule has 1 N–H and O–H groups in total. The Bertz CT molecular complexity index is 779. The summed E-state index contributed by atoms with van der Waals surface area (Å²) in [5.41, 5.74) is 6.91. The van der Waals surface area contributed by atoms with Crippen LogP contribution in [0.5, 0.6) is 0 Å². The molecule has 0 atom stereocenters. The average molecular weight is 502 g/mol. The molecule has 0 aliphatic carbocycles. The van der Waals surface area contributed by atoms with Crippen LogP contribution in [0.4, 0.5) is 5.69 Å². The Morgan fingerprint density at radius 1 is 0.971 bits per heavy atom. The summed E-state index contributed by atoms with van der Waals surface area (Å²) in [6, 6.07) is 8.16. The molecule has 0 bridgehead atoms. The van der Waals surface area contributed by atoms with E-state index in [9.17, 15) is 4.79 Å². The van der Waals surface area contributed by atoms with Crippen molar-refractivity contribution in [3.8, 4) is 0 Å². The average Bonchev–Trinajstić information content (AvgIpc) is 2.83. The number of hydrogen-bond donors (Lipinski definition) is 1. The summed E-state index contributed by atoms with van der Waals surface area (Å²) in [6.07, 6.45) is 15.8. The second-order valence-corrected chi connectivity index (χ2v) is 9.32. The summed E-state index contributed by atoms with van der Waals surface area (Å²) >= 11 is 5.49. The number of aryl methyl sites for hydroxylation is 1. The highest BCUT2D eigenvalue weighted by atomic mass is 35.5. The Balaban J connectivity index is 0. The SMILES string of the molecule is C=C(Nc1ccccc1C)/C(C)=C/C(C)=C\C=C\Cl.CCCC(CCC)C(C)=O.CCCCCC. The van der Waals surface area contributed by atoms with E-state index < -0.39 is 0 Å². The smallest absolute Gasteiger partial charge is 0.132 e. The molecule has 0 spiro atoms. The van der Waals surface area contributed by atoms with Crippen LogP contribution in [-0.2, 0) is 4.79 Å². The number of hydrogen-bond acceptors (Lipinski definition) is 2. The number of halogens is 1. The van der Waals surface area contributed by atoms with Crippen molar-refractivity contribution >= 4 is 23.1 Å². The fraction of sp³-hybridized carbons (Fsp3) is 0.531. The third-order valence-electron chi connectivity index (χ3n) is 5.59. The number of unbranched alkanes of at least 4 members (excludes halogenated alkanes) is 3. The van der Waals surface area contributed by atoms with Gasteiger partial charge in [0.1, 0.15) is 5.78 Å². The fourth-order valence-corrected chi connectivity index (χ4v) is 3.46. The molecule has 198 valence electrons. The van der Waals surface area contributed by atoms with Crippen LogP contribution >= 0.6 is 11.6 Å². The standard InChI is InChI=1S/C17H20ClN.C9H18O.C6H14/c1-13(8-7-11-18)12-15(3)16(4)19-17-10-6-5-9-14(17)2;1-4-6-9(7-5-2)8(3)10;1-3-5-6-4-2/h5-12,19H,4H2,1-3H3;9H,4-7H2,1-3H3;3-6H2,1-2H3/b11-7+,13-8-,15-12+;;. The number of nitrogens with one attached hydrogen (secondary N) is 1. The molecule has 0 aromatic heterocycles. The van der Waals surface area contributed by atoms with Gasteiger partial charge in [0, 0.05) is 22.8 Å². The number of ketones is 1. The molecule has 2 nitrogen and oxygen atoms in total. The lowest BCUT2D eigenvalue weighted by atomic mass is 9.95. The van der Waals surface area contributed by atoms with Gasteiger partial charge in [-0.25, -0.2) is 0 Å². The van der Waals surface area contributed by atoms with Gasteiger partial charge in [-0.05, 0) is 57.7 Å². The summed E-state index contributed by atoms with van der Waals surface area (Å²) < 4.78 is 0. The van der Waals surface area contributed by atoms with Gasteiger partial charge in [-0.3, -0.25) is 4.79 Å². The van der Waals surface area contributed by atoms with Gasteiger partial charge >= 0.3 is 0 Å². The van der Waals surface area contributed by atoms with Crippen molar-refractivity contribution < 1.29 is 4.79 Å². The van der Waals surface area contributed by atoms with E-state index in [1.54, 1.807) is 13.0 Å². The van der Waals surface area contributed by atoms with E-state index in [0.29, 0.717) is 11.7 Å². The molecule has 0 aliphatic rings. The minimum atomic E-state index is 0.343. The molecule has 1 rings (SSSR count). The normalized spacial score (nSPS) is 11.5. The molecular formula is C32H52ClNO. The third kappa shape index (κ3) is 19.9. The van der Waals surface area contributed by atoms with Gasteiger partial charge in [-0.1, -0.05) is 126 Å². The molecule has 0 saturated heterocycles. The molecule has 0 aliphatic heterocycles. The van der Waals surface area contributed by atoms with Gasteiger partial charge in [-0.2, -0.15) is 0 Å². The van der Waals surface area contributed by atoms with E-state index in [1.165, 1.54) is 36.8 Å². The predicted molar refractivity (Wildman–Crippen MR) is 160 cm³/mol. The Hall–Kier alpha value is -2.06. The summed E-state index contributed by atoms with van der Waals surface area (Å²) in [6.45, 7) is 20.6. The van der Waals surface area contributed by atoms with Crippen LogP contribution in [-0.4, -0.2) is 5.78 Å². The number of Topliss-reactive ketones (excluding diaryl/α,β-unsaturated/α-hetero) is 1. The third-order valence-corrected chi connectivity index (χ3v) is 5.73. The van der Waals surface area contributed by atoms with Gasteiger partial charge in [0.05, 0.1) is 0 Å². The van der Waals surface area contributed by atoms with E-state index >= 15 is 0 Å². The van der Waals surface area contributed by atoms with Crippen molar-refractivity contribution in [1.29, 1.82) is 0 Å². The fourth-order valence-electron chi connectivity index (χ4n) is 3.39. The summed E-state index contributed by atoms with van der Waals surface area (Å²) in [4.78, 5) is 10.9. The van der Waals surface area contributed by atoms with Crippen LogP contribution in [0.3, 0.4) is 0 Å². The van der Waals surface area contributed by atoms with Crippen LogP contribution in [0, 0.1) is 12.8 Å². The molecule has 0 unspecified atom stereocenters. The van der Waals surface area contributed by atoms with Gasteiger partial charge in [0.2, 0.25) is 0 Å². The van der Waals surface area contributed by atoms with Gasteiger partial charge in [-0.15, -0.1) is 0 Å². The van der Waals surface area contributed by atoms with Crippen LogP contribution in [0.15, 0.2) is 71.5 Å². The summed E-state index contributed by atoms with van der Waals surface area (Å²) in [5, 5.41) is 3.34. The molecule has 0 radical (unpaired) electrons. The van der Waals surface area contributed by atoms with E-state index in [1.807, 2.05) is 38.1 Å². The van der Waals surface area contributed by atoms with Crippen LogP contribution < -0.4 is 5.32 Å². The highest BCUT2D eigenvalue weighted by molar-refractivity contribution is 6.25. The maximum Gasteiger partial charge on any atom is 0.132 e. The van der Waals surface area contributed by atoms with Gasteiger partial charge in [0.15, 0.2) is 0 Å². The zero-order chi connectivity index (χ0) is 27.1. The maximum absolute atomic E-state index is 10.9. The molecule has 0 fully saturated rings. The second-order valence-electron chi connectivity index (χ2n) is 9.07. The minimum absolute atomic E-state index is 0.343. The van der Waals surface area contributed by atoms with Crippen molar-refractivity contribution in [2.45, 2.75) is 107 Å². The highest BCUT2D eigenvalue weighted by Gasteiger charge is 2.10. The van der Waals surface area contributed by atoms with Crippen molar-refractivity contribution in [3.05, 3.63) is 77.0 Å². The number of rotatable bonds is 13. The van der Waals surface area contributed by atoms with E-state index in [-0.39, 0.29) is 0 Å². The number of carbonyl (C=O) groups excluding carboxylic acids is 1. The van der Waals surface area contributed by atoms with E-state index in [0.717, 1.165) is 48.2 Å². The van der Waals surface area contributed by atoms with Crippen molar-refractivity contribution in [1.82, 2.24) is 0 Å². The predicted octanol–water partition coefficient (Wildman–Crippen LogP) is 10.9. The number of anilines is 1. The molecule has 1 aromatic rings. The minimum Gasteiger partial charge on any atom is -0.356 e. The second kappa shape index (κ2) is 23.7. The molecular weight excluding hydrogens is 450 g/mol. The largest absolute Gasteiger partial charge is 0.356 e. The Morgan fingerprint density at radius 3 is 1.94 bits per heavy atom. The Morgan fingerprint density at radius 2 is 1.51 bits per heavy atom. The number of benzene rings is 1. The van der Waals surface area contributed by atoms with E-state index in [4.69, 9.17) is 11.6 Å². The monoisotopic (exact) mass is 501 g/mol. The van der Waals surface area contributed by atoms with Crippen molar-refractivity contribution in [3.63, 3.8) is 0 Å². The Kier molecular flexibility index (Phi) is 23.7. The zero-order valence-corrected chi connectivity index (χ0v) is 24.6. The van der Waals surface area contributed by atoms with Gasteiger partial charge < -0.3 is 5.32 Å². The summed E-state index contributed by atoms with van der Waals surface area (Å²) in [5.74, 6) is 0.707. The lowest BCUT2D eigenvalue weighted by Crippen LogP contribution is -2.09. The van der Waals surface area contributed by atoms with Gasteiger partial charge in [0.25, 0.3) is 0 Å². The highest BCUT2D eigenvalue weighted by Crippen LogP contribution is 2.19. The lowest BCUT2D eigenvalue weighted by molar-refractivity contribution is -0.121. The maximum atomic E-state index is 10.9. The van der Waals surface area contributed by atoms with Crippen LogP contribution in [0.1, 0.15) is 105 Å². The first-order valence-corrected chi connectivity index (χ1v) is 13.8. The molecule has 0 amide bonds. The number of allylic oxidation sites excluding steroid dienone is 5. The number of carbonyl (C=O) groups is 1. The zero-order valence-electron chi connectivity index (χ0n) is 23.8. The van der Waals surface area contributed by atoms with Crippen molar-refractivity contribution in [2.75, 3.05) is 5.32 Å². The van der Waals surface area contributed by atoms with Crippen LogP contribution in [0.2, 0.25) is 0 Å². The summed E-state index contributed by atoms with van der Waals surface area (Å²) in [7, 11) is 0. The van der Waals surface area contributed by atoms with E-state index in [2.05, 4.69) is 58.7 Å². The first-order chi connectivity index (χ1) is 16.7. The topological polar surface area (TPSA) is 29.1 Å². The quantitative estimate of drug-likeness (QED) is 0.215. The Labute approximate surface area is 222 Å². The molecule has 35 heavy (non-hydrogen) atoms. The molecule has 0 heterocycles. The first-order valence-electron chi connectivity index (χ1n) is 13.3. The van der Waals surface area contributed by atoms with Crippen LogP contribution in [0.25, 0.3) is 0 Å².